The lowest BCUT2D eigenvalue weighted by Gasteiger charge is -2.09. The first-order chi connectivity index (χ1) is 8.11. The van der Waals surface area contributed by atoms with Gasteiger partial charge in [0.1, 0.15) is 11.6 Å². The minimum Gasteiger partial charge on any atom is -0.384 e. The molecule has 0 unspecified atom stereocenters. The first kappa shape index (κ1) is 11.9. The highest BCUT2D eigenvalue weighted by atomic mass is 35.5. The molecule has 2 N–H and O–H groups in total. The number of nitrogens with two attached hydrogens (primary N) is 1. The van der Waals surface area contributed by atoms with Gasteiger partial charge in [0.2, 0.25) is 0 Å². The molecule has 1 heterocycles. The fraction of sp³-hybridized carbons (Fsp3) is 0.154. The van der Waals surface area contributed by atoms with Crippen molar-refractivity contribution in [2.45, 2.75) is 13.3 Å². The second-order valence-electron chi connectivity index (χ2n) is 3.71. The molecule has 0 radical (unpaired) electrons. The lowest BCUT2D eigenvalue weighted by atomic mass is 10.0. The molecule has 0 saturated carbocycles. The van der Waals surface area contributed by atoms with Crippen molar-refractivity contribution in [2.24, 2.45) is 0 Å². The van der Waals surface area contributed by atoms with Gasteiger partial charge in [0.05, 0.1) is 5.69 Å². The summed E-state index contributed by atoms with van der Waals surface area (Å²) in [5.41, 5.74) is 7.92. The molecule has 0 spiro atoms. The molecule has 1 aromatic carbocycles. The van der Waals surface area contributed by atoms with Crippen molar-refractivity contribution in [3.63, 3.8) is 0 Å². The third kappa shape index (κ3) is 2.39. The van der Waals surface area contributed by atoms with Crippen molar-refractivity contribution in [3.05, 3.63) is 46.9 Å². The van der Waals surface area contributed by atoms with E-state index in [4.69, 9.17) is 17.3 Å². The molecule has 0 aliphatic carbocycles. The van der Waals surface area contributed by atoms with Gasteiger partial charge in [0.25, 0.3) is 0 Å². The zero-order chi connectivity index (χ0) is 12.4. The zero-order valence-electron chi connectivity index (χ0n) is 9.37. The number of benzene rings is 1. The number of pyridine rings is 1. The van der Waals surface area contributed by atoms with Crippen LogP contribution < -0.4 is 5.73 Å². The van der Waals surface area contributed by atoms with Crippen molar-refractivity contribution in [1.82, 2.24) is 4.98 Å². The van der Waals surface area contributed by atoms with Crippen LogP contribution in [-0.4, -0.2) is 4.98 Å². The van der Waals surface area contributed by atoms with Gasteiger partial charge in [-0.2, -0.15) is 0 Å². The fourth-order valence-corrected chi connectivity index (χ4v) is 1.96. The highest BCUT2D eigenvalue weighted by molar-refractivity contribution is 6.33. The number of hydrogen-bond donors (Lipinski definition) is 1. The summed E-state index contributed by atoms with van der Waals surface area (Å²) in [5.74, 6) is 0.140. The summed E-state index contributed by atoms with van der Waals surface area (Å²) in [5, 5.41) is 0.507. The number of aryl methyl sites for hydroxylation is 1. The third-order valence-electron chi connectivity index (χ3n) is 2.55. The minimum absolute atomic E-state index is 0.316. The van der Waals surface area contributed by atoms with Crippen LogP contribution in [0, 0.1) is 5.82 Å². The Bertz CT molecular complexity index is 555. The van der Waals surface area contributed by atoms with Crippen LogP contribution in [0.2, 0.25) is 5.02 Å². The van der Waals surface area contributed by atoms with Crippen molar-refractivity contribution < 1.29 is 4.39 Å². The van der Waals surface area contributed by atoms with Gasteiger partial charge < -0.3 is 5.73 Å². The van der Waals surface area contributed by atoms with Crippen LogP contribution in [0.1, 0.15) is 12.6 Å². The second-order valence-corrected chi connectivity index (χ2v) is 4.12. The number of nitrogen functional groups attached to an aromatic ring is 1. The van der Waals surface area contributed by atoms with E-state index < -0.39 is 0 Å². The Balaban J connectivity index is 2.63. The maximum absolute atomic E-state index is 13.2. The summed E-state index contributed by atoms with van der Waals surface area (Å²) in [6.07, 6.45) is 0.715. The molecule has 0 bridgehead atoms. The van der Waals surface area contributed by atoms with E-state index in [2.05, 4.69) is 4.98 Å². The van der Waals surface area contributed by atoms with E-state index in [1.807, 2.05) is 13.0 Å². The Hall–Kier alpha value is -1.61. The number of halogens is 2. The number of rotatable bonds is 2. The monoisotopic (exact) mass is 250 g/mol. The quantitative estimate of drug-likeness (QED) is 0.883. The summed E-state index contributed by atoms with van der Waals surface area (Å²) in [6.45, 7) is 1.97. The SMILES string of the molecule is CCc1nc(N)ccc1-c1cc(F)ccc1Cl. The maximum Gasteiger partial charge on any atom is 0.123 e. The Morgan fingerprint density at radius 1 is 1.24 bits per heavy atom. The molecule has 0 amide bonds. The molecule has 0 aliphatic heterocycles. The Morgan fingerprint density at radius 3 is 2.71 bits per heavy atom. The average molecular weight is 251 g/mol. The molecule has 1 aromatic heterocycles. The second kappa shape index (κ2) is 4.72. The number of nitrogens with zero attached hydrogens (tertiary/aromatic N) is 1. The smallest absolute Gasteiger partial charge is 0.123 e. The molecule has 0 aliphatic rings. The van der Waals surface area contributed by atoms with Crippen LogP contribution in [0.25, 0.3) is 11.1 Å². The molecule has 2 aromatic rings. The summed E-state index contributed by atoms with van der Waals surface area (Å²) >= 11 is 6.07. The van der Waals surface area contributed by atoms with Gasteiger partial charge in [-0.25, -0.2) is 9.37 Å². The molecule has 0 saturated heterocycles. The Kier molecular flexibility index (Phi) is 3.29. The molecule has 0 atom stereocenters. The lowest BCUT2D eigenvalue weighted by Crippen LogP contribution is -1.98. The zero-order valence-corrected chi connectivity index (χ0v) is 10.1. The molecule has 2 nitrogen and oxygen atoms in total. The average Bonchev–Trinajstić information content (AvgIpc) is 2.32. The predicted molar refractivity (Wildman–Crippen MR) is 68.4 cm³/mol. The molecule has 4 heteroatoms. The van der Waals surface area contributed by atoms with Gasteiger partial charge >= 0.3 is 0 Å². The van der Waals surface area contributed by atoms with Gasteiger partial charge in [0, 0.05) is 16.1 Å². The van der Waals surface area contributed by atoms with Gasteiger partial charge in [-0.3, -0.25) is 0 Å². The predicted octanol–water partition coefficient (Wildman–Crippen LogP) is 3.69. The summed E-state index contributed by atoms with van der Waals surface area (Å²) < 4.78 is 13.2. The fourth-order valence-electron chi connectivity index (χ4n) is 1.74. The molecule has 88 valence electrons. The largest absolute Gasteiger partial charge is 0.384 e. The number of hydrogen-bond acceptors (Lipinski definition) is 2. The first-order valence-electron chi connectivity index (χ1n) is 5.32. The first-order valence-corrected chi connectivity index (χ1v) is 5.70. The lowest BCUT2D eigenvalue weighted by molar-refractivity contribution is 0.628. The van der Waals surface area contributed by atoms with Crippen molar-refractivity contribution in [2.75, 3.05) is 5.73 Å². The summed E-state index contributed by atoms with van der Waals surface area (Å²) in [4.78, 5) is 4.24. The summed E-state index contributed by atoms with van der Waals surface area (Å²) in [6, 6.07) is 7.80. The molecule has 0 fully saturated rings. The van der Waals surface area contributed by atoms with E-state index in [1.54, 1.807) is 12.1 Å². The number of aromatic nitrogens is 1. The van der Waals surface area contributed by atoms with Crippen LogP contribution in [0.4, 0.5) is 10.2 Å². The highest BCUT2D eigenvalue weighted by Gasteiger charge is 2.10. The van der Waals surface area contributed by atoms with Gasteiger partial charge in [-0.15, -0.1) is 0 Å². The molecular formula is C13H12ClFN2. The van der Waals surface area contributed by atoms with Gasteiger partial charge in [-0.1, -0.05) is 18.5 Å². The van der Waals surface area contributed by atoms with E-state index in [0.717, 1.165) is 11.3 Å². The topological polar surface area (TPSA) is 38.9 Å². The summed E-state index contributed by atoms with van der Waals surface area (Å²) in [7, 11) is 0. The van der Waals surface area contributed by atoms with Crippen LogP contribution in [0.3, 0.4) is 0 Å². The normalized spacial score (nSPS) is 10.5. The standard InChI is InChI=1S/C13H12ClFN2/c1-2-12-9(4-6-13(16)17-12)10-7-8(15)3-5-11(10)14/h3-7H,2H2,1H3,(H2,16,17). The van der Waals surface area contributed by atoms with Crippen LogP contribution in [-0.2, 0) is 6.42 Å². The maximum atomic E-state index is 13.2. The highest BCUT2D eigenvalue weighted by Crippen LogP contribution is 2.31. The van der Waals surface area contributed by atoms with Crippen LogP contribution in [0.15, 0.2) is 30.3 Å². The Morgan fingerprint density at radius 2 is 2.00 bits per heavy atom. The van der Waals surface area contributed by atoms with E-state index in [0.29, 0.717) is 22.8 Å². The number of anilines is 1. The minimum atomic E-state index is -0.316. The van der Waals surface area contributed by atoms with Crippen molar-refractivity contribution in [3.8, 4) is 11.1 Å². The van der Waals surface area contributed by atoms with E-state index in [9.17, 15) is 4.39 Å². The Labute approximate surface area is 104 Å². The molecule has 2 rings (SSSR count). The van der Waals surface area contributed by atoms with Crippen molar-refractivity contribution >= 4 is 17.4 Å². The van der Waals surface area contributed by atoms with Gasteiger partial charge in [0.15, 0.2) is 0 Å². The van der Waals surface area contributed by atoms with Crippen LogP contribution >= 0.6 is 11.6 Å². The third-order valence-corrected chi connectivity index (χ3v) is 2.88. The van der Waals surface area contributed by atoms with E-state index in [-0.39, 0.29) is 5.82 Å². The van der Waals surface area contributed by atoms with E-state index in [1.165, 1.54) is 12.1 Å². The molecule has 17 heavy (non-hydrogen) atoms. The molecular weight excluding hydrogens is 239 g/mol. The van der Waals surface area contributed by atoms with Crippen molar-refractivity contribution in [1.29, 1.82) is 0 Å². The van der Waals surface area contributed by atoms with E-state index >= 15 is 0 Å². The van der Waals surface area contributed by atoms with Gasteiger partial charge in [-0.05, 0) is 36.8 Å². The van der Waals surface area contributed by atoms with Crippen LogP contribution in [0.5, 0.6) is 0 Å².